The minimum Gasteiger partial charge on any atom is -0.342 e. The number of para-hydroxylation sites is 1. The van der Waals surface area contributed by atoms with Crippen LogP contribution in [0.3, 0.4) is 0 Å². The molecular formula is C16H20N2O2. The maximum atomic E-state index is 12.3. The van der Waals surface area contributed by atoms with Gasteiger partial charge in [0.15, 0.2) is 0 Å². The van der Waals surface area contributed by atoms with Crippen LogP contribution < -0.4 is 5.32 Å². The molecule has 2 fully saturated rings. The first kappa shape index (κ1) is 13.2. The average molecular weight is 272 g/mol. The maximum absolute atomic E-state index is 12.3. The Labute approximate surface area is 119 Å². The van der Waals surface area contributed by atoms with Gasteiger partial charge < -0.3 is 10.2 Å². The number of anilines is 1. The van der Waals surface area contributed by atoms with Gasteiger partial charge >= 0.3 is 0 Å². The molecule has 1 aliphatic heterocycles. The summed E-state index contributed by atoms with van der Waals surface area (Å²) in [5, 5.41) is 2.94. The van der Waals surface area contributed by atoms with E-state index in [9.17, 15) is 9.59 Å². The average Bonchev–Trinajstić information content (AvgIpc) is 3.32. The van der Waals surface area contributed by atoms with Crippen molar-refractivity contribution in [1.82, 2.24) is 4.90 Å². The smallest absolute Gasteiger partial charge is 0.229 e. The number of nitrogens with one attached hydrogen (secondary N) is 1. The Hall–Kier alpha value is -1.84. The Morgan fingerprint density at radius 2 is 1.80 bits per heavy atom. The van der Waals surface area contributed by atoms with Crippen molar-refractivity contribution < 1.29 is 9.59 Å². The lowest BCUT2D eigenvalue weighted by atomic mass is 9.96. The minimum absolute atomic E-state index is 0.0319. The van der Waals surface area contributed by atoms with E-state index >= 15 is 0 Å². The largest absolute Gasteiger partial charge is 0.342 e. The van der Waals surface area contributed by atoms with Gasteiger partial charge in [0.2, 0.25) is 11.8 Å². The molecule has 1 atom stereocenters. The standard InChI is InChI=1S/C16H20N2O2/c19-15(17-14-6-2-1-3-7-14)13-5-4-10-18(11-13)16(20)12-8-9-12/h1-3,6-7,12-13H,4-5,8-11H2,(H,17,19). The molecule has 20 heavy (non-hydrogen) atoms. The molecule has 106 valence electrons. The van der Waals surface area contributed by atoms with Crippen molar-refractivity contribution in [3.05, 3.63) is 30.3 Å². The highest BCUT2D eigenvalue weighted by atomic mass is 16.2. The van der Waals surface area contributed by atoms with Crippen molar-refractivity contribution in [1.29, 1.82) is 0 Å². The summed E-state index contributed by atoms with van der Waals surface area (Å²) in [6, 6.07) is 9.49. The van der Waals surface area contributed by atoms with E-state index in [1.165, 1.54) is 0 Å². The van der Waals surface area contributed by atoms with Gasteiger partial charge in [-0.25, -0.2) is 0 Å². The van der Waals surface area contributed by atoms with Gasteiger partial charge in [-0.2, -0.15) is 0 Å². The molecule has 1 aliphatic carbocycles. The number of amides is 2. The van der Waals surface area contributed by atoms with Crippen LogP contribution in [0.4, 0.5) is 5.69 Å². The first-order valence-corrected chi connectivity index (χ1v) is 7.39. The summed E-state index contributed by atoms with van der Waals surface area (Å²) in [7, 11) is 0. The van der Waals surface area contributed by atoms with Crippen molar-refractivity contribution in [2.24, 2.45) is 11.8 Å². The summed E-state index contributed by atoms with van der Waals surface area (Å²) in [5.41, 5.74) is 0.822. The first-order valence-electron chi connectivity index (χ1n) is 7.39. The lowest BCUT2D eigenvalue weighted by Crippen LogP contribution is -2.44. The molecule has 1 aromatic rings. The van der Waals surface area contributed by atoms with Gasteiger partial charge in [0.1, 0.15) is 0 Å². The molecule has 0 radical (unpaired) electrons. The molecule has 3 rings (SSSR count). The summed E-state index contributed by atoms with van der Waals surface area (Å²) in [4.78, 5) is 26.2. The van der Waals surface area contributed by atoms with Crippen LogP contribution in [0.1, 0.15) is 25.7 Å². The second kappa shape index (κ2) is 5.65. The SMILES string of the molecule is O=C(Nc1ccccc1)C1CCCN(C(=O)C2CC2)C1. The van der Waals surface area contributed by atoms with Gasteiger partial charge in [0.25, 0.3) is 0 Å². The summed E-state index contributed by atoms with van der Waals surface area (Å²) in [5.74, 6) is 0.448. The molecule has 1 N–H and O–H groups in total. The van der Waals surface area contributed by atoms with E-state index < -0.39 is 0 Å². The van der Waals surface area contributed by atoms with Gasteiger partial charge in [-0.05, 0) is 37.8 Å². The van der Waals surface area contributed by atoms with Crippen LogP contribution >= 0.6 is 0 Å². The molecule has 2 amide bonds. The van der Waals surface area contributed by atoms with Crippen molar-refractivity contribution in [3.63, 3.8) is 0 Å². The Morgan fingerprint density at radius 3 is 2.50 bits per heavy atom. The van der Waals surface area contributed by atoms with Gasteiger partial charge in [-0.1, -0.05) is 18.2 Å². The van der Waals surface area contributed by atoms with Crippen molar-refractivity contribution in [2.45, 2.75) is 25.7 Å². The highest BCUT2D eigenvalue weighted by Gasteiger charge is 2.36. The third-order valence-electron chi connectivity index (χ3n) is 4.07. The molecule has 1 aromatic carbocycles. The number of carbonyl (C=O) groups is 2. The van der Waals surface area contributed by atoms with Crippen LogP contribution in [-0.2, 0) is 9.59 Å². The molecule has 4 nitrogen and oxygen atoms in total. The van der Waals surface area contributed by atoms with Gasteiger partial charge in [-0.15, -0.1) is 0 Å². The molecule has 1 saturated carbocycles. The molecule has 0 spiro atoms. The van der Waals surface area contributed by atoms with E-state index in [1.54, 1.807) is 0 Å². The number of hydrogen-bond donors (Lipinski definition) is 1. The first-order chi connectivity index (χ1) is 9.74. The third-order valence-corrected chi connectivity index (χ3v) is 4.07. The summed E-state index contributed by atoms with van der Waals surface area (Å²) in [6.07, 6.45) is 3.84. The minimum atomic E-state index is -0.0772. The van der Waals surface area contributed by atoms with Crippen LogP contribution in [0.25, 0.3) is 0 Å². The number of piperidine rings is 1. The second-order valence-corrected chi connectivity index (χ2v) is 5.75. The van der Waals surface area contributed by atoms with E-state index in [-0.39, 0.29) is 23.7 Å². The van der Waals surface area contributed by atoms with Gasteiger partial charge in [0.05, 0.1) is 5.92 Å². The second-order valence-electron chi connectivity index (χ2n) is 5.75. The third kappa shape index (κ3) is 3.00. The Kier molecular flexibility index (Phi) is 3.72. The van der Waals surface area contributed by atoms with E-state index in [2.05, 4.69) is 5.32 Å². The molecule has 1 heterocycles. The quantitative estimate of drug-likeness (QED) is 0.917. The van der Waals surface area contributed by atoms with Crippen LogP contribution in [-0.4, -0.2) is 29.8 Å². The van der Waals surface area contributed by atoms with E-state index in [1.807, 2.05) is 35.2 Å². The fourth-order valence-electron chi connectivity index (χ4n) is 2.75. The fourth-order valence-corrected chi connectivity index (χ4v) is 2.75. The zero-order valence-corrected chi connectivity index (χ0v) is 11.5. The number of carbonyl (C=O) groups excluding carboxylic acids is 2. The molecule has 1 unspecified atom stereocenters. The normalized spacial score (nSPS) is 22.4. The lowest BCUT2D eigenvalue weighted by molar-refractivity contribution is -0.135. The van der Waals surface area contributed by atoms with Crippen LogP contribution in [0, 0.1) is 11.8 Å². The summed E-state index contributed by atoms with van der Waals surface area (Å²) in [6.45, 7) is 1.39. The van der Waals surface area contributed by atoms with Crippen LogP contribution in [0.5, 0.6) is 0 Å². The molecule has 4 heteroatoms. The van der Waals surface area contributed by atoms with Crippen molar-refractivity contribution in [2.75, 3.05) is 18.4 Å². The monoisotopic (exact) mass is 272 g/mol. The number of hydrogen-bond acceptors (Lipinski definition) is 2. The van der Waals surface area contributed by atoms with E-state index in [4.69, 9.17) is 0 Å². The van der Waals surface area contributed by atoms with Gasteiger partial charge in [-0.3, -0.25) is 9.59 Å². The van der Waals surface area contributed by atoms with Gasteiger partial charge in [0, 0.05) is 24.7 Å². The zero-order valence-electron chi connectivity index (χ0n) is 11.5. The van der Waals surface area contributed by atoms with Crippen LogP contribution in [0.2, 0.25) is 0 Å². The fraction of sp³-hybridized carbons (Fsp3) is 0.500. The van der Waals surface area contributed by atoms with E-state index in [0.29, 0.717) is 6.54 Å². The van der Waals surface area contributed by atoms with Crippen molar-refractivity contribution >= 4 is 17.5 Å². The molecular weight excluding hydrogens is 252 g/mol. The molecule has 1 saturated heterocycles. The Morgan fingerprint density at radius 1 is 1.05 bits per heavy atom. The number of benzene rings is 1. The topological polar surface area (TPSA) is 49.4 Å². The number of rotatable bonds is 3. The number of likely N-dealkylation sites (tertiary alicyclic amines) is 1. The highest BCUT2D eigenvalue weighted by molar-refractivity contribution is 5.93. The maximum Gasteiger partial charge on any atom is 0.229 e. The summed E-state index contributed by atoms with van der Waals surface area (Å²) >= 11 is 0. The Balaban J connectivity index is 1.58. The number of nitrogens with zero attached hydrogens (tertiary/aromatic N) is 1. The lowest BCUT2D eigenvalue weighted by Gasteiger charge is -2.32. The highest BCUT2D eigenvalue weighted by Crippen LogP contribution is 2.32. The van der Waals surface area contributed by atoms with E-state index in [0.717, 1.165) is 37.9 Å². The predicted octanol–water partition coefficient (Wildman–Crippen LogP) is 2.27. The molecule has 2 aliphatic rings. The molecule has 0 bridgehead atoms. The van der Waals surface area contributed by atoms with Crippen molar-refractivity contribution in [3.8, 4) is 0 Å². The Bertz CT molecular complexity index is 496. The molecule has 0 aromatic heterocycles. The van der Waals surface area contributed by atoms with Crippen LogP contribution in [0.15, 0.2) is 30.3 Å². The zero-order chi connectivity index (χ0) is 13.9. The predicted molar refractivity (Wildman–Crippen MR) is 77.1 cm³/mol. The summed E-state index contributed by atoms with van der Waals surface area (Å²) < 4.78 is 0.